The van der Waals surface area contributed by atoms with Crippen molar-refractivity contribution in [2.45, 2.75) is 45.5 Å². The van der Waals surface area contributed by atoms with Crippen LogP contribution in [0.2, 0.25) is 0 Å². The average Bonchev–Trinajstić information content (AvgIpc) is 3.32. The summed E-state index contributed by atoms with van der Waals surface area (Å²) < 4.78 is 25.1. The van der Waals surface area contributed by atoms with Crippen LogP contribution < -0.4 is 9.64 Å². The number of likely N-dealkylation sites (tertiary alicyclic amines) is 1. The summed E-state index contributed by atoms with van der Waals surface area (Å²) in [6, 6.07) is 8.71. The molecule has 1 amide bonds. The van der Waals surface area contributed by atoms with Gasteiger partial charge in [0.25, 0.3) is 5.91 Å². The fourth-order valence-corrected chi connectivity index (χ4v) is 3.69. The lowest BCUT2D eigenvalue weighted by Crippen LogP contribution is -2.33. The van der Waals surface area contributed by atoms with Gasteiger partial charge in [-0.15, -0.1) is 0 Å². The number of anilines is 2. The topological polar surface area (TPSA) is 74.9 Å². The number of carbonyl (C=O) groups excluding carboxylic acids is 2. The normalized spacial score (nSPS) is 18.7. The van der Waals surface area contributed by atoms with E-state index in [0.29, 0.717) is 55.4 Å². The molecule has 1 saturated heterocycles. The molecule has 0 spiro atoms. The third-order valence-corrected chi connectivity index (χ3v) is 5.09. The molecule has 0 bridgehead atoms. The van der Waals surface area contributed by atoms with Gasteiger partial charge in [-0.05, 0) is 57.9 Å². The summed E-state index contributed by atoms with van der Waals surface area (Å²) >= 11 is 0. The molecule has 8 heteroatoms. The molecular formula is C22H26FN3O4. The van der Waals surface area contributed by atoms with E-state index in [1.807, 2.05) is 37.8 Å². The Balaban J connectivity index is 1.55. The van der Waals surface area contributed by atoms with E-state index in [0.717, 1.165) is 5.69 Å². The fourth-order valence-electron chi connectivity index (χ4n) is 3.69. The first-order chi connectivity index (χ1) is 14.2. The number of fused-ring (bicyclic) bond motifs is 1. The number of aromatic nitrogens is 1. The highest BCUT2D eigenvalue weighted by Gasteiger charge is 2.32. The summed E-state index contributed by atoms with van der Waals surface area (Å²) in [7, 11) is 0. The van der Waals surface area contributed by atoms with Crippen molar-refractivity contribution in [2.24, 2.45) is 0 Å². The Morgan fingerprint density at radius 2 is 1.93 bits per heavy atom. The first-order valence-corrected chi connectivity index (χ1v) is 10.1. The minimum absolute atomic E-state index is 0.307. The number of nitrogens with one attached hydrogen (secondary N) is 1. The maximum atomic E-state index is 14.0. The zero-order chi connectivity index (χ0) is 21.5. The predicted octanol–water partition coefficient (Wildman–Crippen LogP) is 4.03. The molecule has 160 valence electrons. The number of alkyl halides is 1. The lowest BCUT2D eigenvalue weighted by Gasteiger charge is -2.29. The number of ether oxygens (including phenoxy) is 2. The van der Waals surface area contributed by atoms with Gasteiger partial charge in [0.2, 0.25) is 0 Å². The number of hydrogen-bond acceptors (Lipinski definition) is 5. The van der Waals surface area contributed by atoms with Crippen LogP contribution in [0.3, 0.4) is 0 Å². The molecule has 2 aliphatic heterocycles. The van der Waals surface area contributed by atoms with Crippen LogP contribution in [0, 0.1) is 0 Å². The molecule has 2 aromatic rings. The summed E-state index contributed by atoms with van der Waals surface area (Å²) in [5.74, 6) is 0.453. The number of hydrogen-bond donors (Lipinski definition) is 1. The highest BCUT2D eigenvalue weighted by molar-refractivity contribution is 5.95. The van der Waals surface area contributed by atoms with Crippen molar-refractivity contribution >= 4 is 23.4 Å². The van der Waals surface area contributed by atoms with Crippen molar-refractivity contribution in [1.29, 1.82) is 0 Å². The average molecular weight is 415 g/mol. The van der Waals surface area contributed by atoms with Crippen molar-refractivity contribution < 1.29 is 23.5 Å². The first-order valence-electron chi connectivity index (χ1n) is 10.1. The summed E-state index contributed by atoms with van der Waals surface area (Å²) in [4.78, 5) is 31.2. The molecule has 1 fully saturated rings. The monoisotopic (exact) mass is 415 g/mol. The molecule has 0 aliphatic carbocycles. The summed E-state index contributed by atoms with van der Waals surface area (Å²) in [6.07, 6.45) is -0.200. The first kappa shape index (κ1) is 20.3. The fraction of sp³-hybridized carbons (Fsp3) is 0.455. The van der Waals surface area contributed by atoms with E-state index in [-0.39, 0.29) is 11.9 Å². The summed E-state index contributed by atoms with van der Waals surface area (Å²) in [5, 5.41) is 0. The Kier molecular flexibility index (Phi) is 5.17. The molecule has 3 heterocycles. The highest BCUT2D eigenvalue weighted by Crippen LogP contribution is 2.37. The van der Waals surface area contributed by atoms with Crippen LogP contribution in [0.1, 0.15) is 54.5 Å². The molecule has 30 heavy (non-hydrogen) atoms. The van der Waals surface area contributed by atoms with E-state index in [4.69, 9.17) is 9.47 Å². The number of H-pyrrole nitrogens is 1. The van der Waals surface area contributed by atoms with Gasteiger partial charge in [0.15, 0.2) is 17.9 Å². The minimum Gasteiger partial charge on any atom is -0.488 e. The third-order valence-electron chi connectivity index (χ3n) is 5.09. The Morgan fingerprint density at radius 1 is 1.20 bits per heavy atom. The Labute approximate surface area is 174 Å². The predicted molar refractivity (Wildman–Crippen MR) is 110 cm³/mol. The van der Waals surface area contributed by atoms with E-state index in [2.05, 4.69) is 4.98 Å². The van der Waals surface area contributed by atoms with Crippen molar-refractivity contribution in [3.63, 3.8) is 0 Å². The Bertz CT molecular complexity index is 948. The van der Waals surface area contributed by atoms with E-state index in [9.17, 15) is 14.0 Å². The molecule has 1 atom stereocenters. The third kappa shape index (κ3) is 3.99. The van der Waals surface area contributed by atoms with Gasteiger partial charge < -0.3 is 24.3 Å². The Morgan fingerprint density at radius 3 is 2.57 bits per heavy atom. The molecule has 1 aromatic carbocycles. The number of aromatic amines is 1. The van der Waals surface area contributed by atoms with Gasteiger partial charge in [-0.1, -0.05) is 0 Å². The number of nitrogens with zero attached hydrogens (tertiary/aromatic N) is 2. The van der Waals surface area contributed by atoms with Crippen molar-refractivity contribution in [1.82, 2.24) is 9.88 Å². The molecule has 1 aromatic heterocycles. The zero-order valence-corrected chi connectivity index (χ0v) is 17.4. The molecule has 7 nitrogen and oxygen atoms in total. The lowest BCUT2D eigenvalue weighted by atomic mass is 10.1. The van der Waals surface area contributed by atoms with Gasteiger partial charge in [-0.3, -0.25) is 4.79 Å². The lowest BCUT2D eigenvalue weighted by molar-refractivity contribution is 0.00693. The van der Waals surface area contributed by atoms with E-state index in [1.54, 1.807) is 18.2 Å². The smallest absolute Gasteiger partial charge is 0.338 e. The van der Waals surface area contributed by atoms with Crippen molar-refractivity contribution in [3.8, 4) is 5.75 Å². The van der Waals surface area contributed by atoms with Crippen LogP contribution in [-0.2, 0) is 4.74 Å². The standard InChI is InChI=1S/C22H26FN3O4/c1-22(2,3)30-21(28)14-6-8-15(9-7-14)25-11-12-29-17-13-16(24-19(17)25)20(27)26-10-4-5-18(26)23/h6-9,13,18,24H,4-5,10-12H2,1-3H3/t18-/m1/s1. The second-order valence-electron chi connectivity index (χ2n) is 8.52. The highest BCUT2D eigenvalue weighted by atomic mass is 19.1. The number of halogens is 1. The molecule has 0 unspecified atom stereocenters. The zero-order valence-electron chi connectivity index (χ0n) is 17.4. The van der Waals surface area contributed by atoms with Crippen LogP contribution in [0.4, 0.5) is 15.9 Å². The maximum absolute atomic E-state index is 14.0. The largest absolute Gasteiger partial charge is 0.488 e. The van der Waals surface area contributed by atoms with Crippen molar-refractivity contribution in [3.05, 3.63) is 41.6 Å². The van der Waals surface area contributed by atoms with Gasteiger partial charge >= 0.3 is 5.97 Å². The van der Waals surface area contributed by atoms with Crippen LogP contribution in [0.25, 0.3) is 0 Å². The van der Waals surface area contributed by atoms with Gasteiger partial charge in [0, 0.05) is 18.3 Å². The molecule has 0 radical (unpaired) electrons. The number of carbonyl (C=O) groups is 2. The van der Waals surface area contributed by atoms with Crippen LogP contribution in [0.15, 0.2) is 30.3 Å². The van der Waals surface area contributed by atoms with Crippen molar-refractivity contribution in [2.75, 3.05) is 24.6 Å². The van der Waals surface area contributed by atoms with Gasteiger partial charge in [-0.25, -0.2) is 9.18 Å². The summed E-state index contributed by atoms with van der Waals surface area (Å²) in [5.41, 5.74) is 1.06. The summed E-state index contributed by atoms with van der Waals surface area (Å²) in [6.45, 7) is 6.91. The second-order valence-corrected chi connectivity index (χ2v) is 8.52. The molecule has 4 rings (SSSR count). The van der Waals surface area contributed by atoms with E-state index >= 15 is 0 Å². The molecule has 1 N–H and O–H groups in total. The van der Waals surface area contributed by atoms with Crippen LogP contribution in [-0.4, -0.2) is 53.4 Å². The minimum atomic E-state index is -1.24. The van der Waals surface area contributed by atoms with Gasteiger partial charge in [0.1, 0.15) is 17.9 Å². The van der Waals surface area contributed by atoms with Gasteiger partial charge in [0.05, 0.1) is 12.1 Å². The number of rotatable bonds is 3. The van der Waals surface area contributed by atoms with Gasteiger partial charge in [-0.2, -0.15) is 0 Å². The van der Waals surface area contributed by atoms with E-state index < -0.39 is 11.9 Å². The molecule has 2 aliphatic rings. The van der Waals surface area contributed by atoms with Crippen LogP contribution in [0.5, 0.6) is 5.75 Å². The maximum Gasteiger partial charge on any atom is 0.338 e. The van der Waals surface area contributed by atoms with E-state index in [1.165, 1.54) is 4.90 Å². The quantitative estimate of drug-likeness (QED) is 0.605. The molecular weight excluding hydrogens is 389 g/mol. The Hall–Kier alpha value is -3.03. The second kappa shape index (κ2) is 7.66. The number of benzene rings is 1. The molecule has 0 saturated carbocycles. The number of esters is 1. The SMILES string of the molecule is CC(C)(C)OC(=O)c1ccc(N2CCOc3cc(C(=O)N4CCC[C@@H]4F)[nH]c32)cc1. The van der Waals surface area contributed by atoms with Crippen LogP contribution >= 0.6 is 0 Å². The number of amides is 1.